The minimum atomic E-state index is -0.0602. The maximum Gasteiger partial charge on any atom is 0.228 e. The van der Waals surface area contributed by atoms with E-state index in [1.165, 1.54) is 0 Å². The highest BCUT2D eigenvalue weighted by Crippen LogP contribution is 2.24. The first-order valence-electron chi connectivity index (χ1n) is 11.6. The molecule has 1 N–H and O–H groups in total. The standard InChI is InChI=1S/C28H31N3O3/c1-21(32)30(2)26-16-17-31(19-26)25-12-10-24(11-13-25)29-28(33)18-22-8-14-27(15-9-22)34-20-23-6-4-3-5-7-23/h3-15,26H,16-20H2,1-2H3,(H,29,33). The summed E-state index contributed by atoms with van der Waals surface area (Å²) >= 11 is 0. The lowest BCUT2D eigenvalue weighted by Gasteiger charge is -2.24. The van der Waals surface area contributed by atoms with Crippen molar-refractivity contribution in [1.29, 1.82) is 0 Å². The Bertz CT molecular complexity index is 1100. The zero-order chi connectivity index (χ0) is 23.9. The second-order valence-electron chi connectivity index (χ2n) is 8.71. The second kappa shape index (κ2) is 10.9. The van der Waals surface area contributed by atoms with E-state index >= 15 is 0 Å². The average molecular weight is 458 g/mol. The number of anilines is 2. The van der Waals surface area contributed by atoms with Crippen LogP contribution in [0.3, 0.4) is 0 Å². The number of likely N-dealkylation sites (N-methyl/N-ethyl adjacent to an activating group) is 1. The summed E-state index contributed by atoms with van der Waals surface area (Å²) < 4.78 is 5.81. The van der Waals surface area contributed by atoms with Crippen LogP contribution >= 0.6 is 0 Å². The van der Waals surface area contributed by atoms with Crippen LogP contribution in [0.2, 0.25) is 0 Å². The van der Waals surface area contributed by atoms with Crippen LogP contribution in [-0.4, -0.2) is 42.9 Å². The minimum Gasteiger partial charge on any atom is -0.489 e. The largest absolute Gasteiger partial charge is 0.489 e. The third-order valence-electron chi connectivity index (χ3n) is 6.26. The van der Waals surface area contributed by atoms with E-state index < -0.39 is 0 Å². The number of hydrogen-bond acceptors (Lipinski definition) is 4. The number of ether oxygens (including phenoxy) is 1. The summed E-state index contributed by atoms with van der Waals surface area (Å²) in [5.41, 5.74) is 3.92. The molecule has 34 heavy (non-hydrogen) atoms. The summed E-state index contributed by atoms with van der Waals surface area (Å²) in [7, 11) is 1.86. The molecule has 1 atom stereocenters. The van der Waals surface area contributed by atoms with Crippen molar-refractivity contribution in [1.82, 2.24) is 4.90 Å². The van der Waals surface area contributed by atoms with Gasteiger partial charge in [-0.2, -0.15) is 0 Å². The Balaban J connectivity index is 1.25. The third kappa shape index (κ3) is 6.16. The Morgan fingerprint density at radius 3 is 2.35 bits per heavy atom. The fourth-order valence-electron chi connectivity index (χ4n) is 4.14. The molecule has 176 valence electrons. The van der Waals surface area contributed by atoms with Crippen LogP contribution in [0.5, 0.6) is 5.75 Å². The van der Waals surface area contributed by atoms with E-state index in [9.17, 15) is 9.59 Å². The Morgan fingerprint density at radius 2 is 1.68 bits per heavy atom. The van der Waals surface area contributed by atoms with E-state index in [1.807, 2.05) is 90.8 Å². The van der Waals surface area contributed by atoms with Crippen molar-refractivity contribution in [3.8, 4) is 5.75 Å². The number of carbonyl (C=O) groups is 2. The Kier molecular flexibility index (Phi) is 7.48. The average Bonchev–Trinajstić information content (AvgIpc) is 3.34. The Labute approximate surface area is 201 Å². The monoisotopic (exact) mass is 457 g/mol. The summed E-state index contributed by atoms with van der Waals surface area (Å²) in [6.45, 7) is 3.86. The van der Waals surface area contributed by atoms with Crippen molar-refractivity contribution >= 4 is 23.2 Å². The highest BCUT2D eigenvalue weighted by Gasteiger charge is 2.27. The van der Waals surface area contributed by atoms with Gasteiger partial charge in [-0.3, -0.25) is 9.59 Å². The van der Waals surface area contributed by atoms with Crippen LogP contribution in [0.4, 0.5) is 11.4 Å². The first-order chi connectivity index (χ1) is 16.5. The van der Waals surface area contributed by atoms with Gasteiger partial charge in [0.1, 0.15) is 12.4 Å². The SMILES string of the molecule is CC(=O)N(C)C1CCN(c2ccc(NC(=O)Cc3ccc(OCc4ccccc4)cc3)cc2)C1. The van der Waals surface area contributed by atoms with Gasteiger partial charge in [0.2, 0.25) is 11.8 Å². The second-order valence-corrected chi connectivity index (χ2v) is 8.71. The van der Waals surface area contributed by atoms with Crippen molar-refractivity contribution in [2.24, 2.45) is 0 Å². The number of nitrogens with one attached hydrogen (secondary N) is 1. The molecule has 0 aromatic heterocycles. The summed E-state index contributed by atoms with van der Waals surface area (Å²) in [5.74, 6) is 0.816. The first kappa shape index (κ1) is 23.4. The summed E-state index contributed by atoms with van der Waals surface area (Å²) in [4.78, 5) is 28.2. The Hall–Kier alpha value is -3.80. The van der Waals surface area contributed by atoms with Gasteiger partial charge in [-0.05, 0) is 53.9 Å². The van der Waals surface area contributed by atoms with Gasteiger partial charge in [-0.15, -0.1) is 0 Å². The van der Waals surface area contributed by atoms with E-state index in [1.54, 1.807) is 6.92 Å². The molecule has 0 aliphatic carbocycles. The summed E-state index contributed by atoms with van der Waals surface area (Å²) in [5, 5.41) is 2.97. The number of rotatable bonds is 8. The number of amides is 2. The van der Waals surface area contributed by atoms with Crippen LogP contribution in [0.15, 0.2) is 78.9 Å². The molecular formula is C28H31N3O3. The van der Waals surface area contributed by atoms with E-state index in [2.05, 4.69) is 10.2 Å². The fourth-order valence-corrected chi connectivity index (χ4v) is 4.14. The minimum absolute atomic E-state index is 0.0602. The molecule has 1 saturated heterocycles. The maximum absolute atomic E-state index is 12.5. The highest BCUT2D eigenvalue weighted by molar-refractivity contribution is 5.92. The third-order valence-corrected chi connectivity index (χ3v) is 6.26. The van der Waals surface area contributed by atoms with Crippen LogP contribution in [-0.2, 0) is 22.6 Å². The van der Waals surface area contributed by atoms with Gasteiger partial charge in [0.15, 0.2) is 0 Å². The van der Waals surface area contributed by atoms with Gasteiger partial charge in [0, 0.05) is 38.4 Å². The number of benzene rings is 3. The molecule has 1 fully saturated rings. The van der Waals surface area contributed by atoms with Crippen LogP contribution < -0.4 is 15.0 Å². The molecule has 4 rings (SSSR count). The van der Waals surface area contributed by atoms with Crippen molar-refractivity contribution in [2.45, 2.75) is 32.4 Å². The highest BCUT2D eigenvalue weighted by atomic mass is 16.5. The van der Waals surface area contributed by atoms with Crippen LogP contribution in [0, 0.1) is 0 Å². The lowest BCUT2D eigenvalue weighted by Crippen LogP contribution is -2.37. The van der Waals surface area contributed by atoms with Gasteiger partial charge in [0.25, 0.3) is 0 Å². The molecule has 3 aromatic carbocycles. The quantitative estimate of drug-likeness (QED) is 0.541. The fraction of sp³-hybridized carbons (Fsp3) is 0.286. The van der Waals surface area contributed by atoms with Crippen LogP contribution in [0.1, 0.15) is 24.5 Å². The van der Waals surface area contributed by atoms with Gasteiger partial charge < -0.3 is 19.9 Å². The first-order valence-corrected chi connectivity index (χ1v) is 11.6. The van der Waals surface area contributed by atoms with E-state index in [0.29, 0.717) is 13.0 Å². The number of hydrogen-bond donors (Lipinski definition) is 1. The van der Waals surface area contributed by atoms with E-state index in [4.69, 9.17) is 4.74 Å². The van der Waals surface area contributed by atoms with Gasteiger partial charge in [0.05, 0.1) is 12.5 Å². The van der Waals surface area contributed by atoms with E-state index in [-0.39, 0.29) is 17.9 Å². The molecule has 1 unspecified atom stereocenters. The summed E-state index contributed by atoms with van der Waals surface area (Å²) in [6.07, 6.45) is 1.26. The van der Waals surface area contributed by atoms with Gasteiger partial charge >= 0.3 is 0 Å². The molecule has 0 bridgehead atoms. The van der Waals surface area contributed by atoms with Gasteiger partial charge in [-0.25, -0.2) is 0 Å². The van der Waals surface area contributed by atoms with E-state index in [0.717, 1.165) is 47.8 Å². The number of nitrogens with zero attached hydrogens (tertiary/aromatic N) is 2. The maximum atomic E-state index is 12.5. The molecule has 1 aliphatic heterocycles. The smallest absolute Gasteiger partial charge is 0.228 e. The molecule has 0 saturated carbocycles. The molecule has 2 amide bonds. The molecule has 1 heterocycles. The molecule has 3 aromatic rings. The summed E-state index contributed by atoms with van der Waals surface area (Å²) in [6, 6.07) is 25.8. The predicted octanol–water partition coefficient (Wildman–Crippen LogP) is 4.50. The molecule has 0 radical (unpaired) electrons. The molecule has 0 spiro atoms. The Morgan fingerprint density at radius 1 is 0.971 bits per heavy atom. The van der Waals surface area contributed by atoms with Crippen LogP contribution in [0.25, 0.3) is 0 Å². The molecule has 1 aliphatic rings. The lowest BCUT2D eigenvalue weighted by atomic mass is 10.1. The molecular weight excluding hydrogens is 426 g/mol. The molecule has 6 heteroatoms. The zero-order valence-corrected chi connectivity index (χ0v) is 19.7. The molecule has 6 nitrogen and oxygen atoms in total. The van der Waals surface area contributed by atoms with Crippen molar-refractivity contribution in [3.05, 3.63) is 90.0 Å². The lowest BCUT2D eigenvalue weighted by molar-refractivity contribution is -0.129. The van der Waals surface area contributed by atoms with Crippen molar-refractivity contribution in [3.63, 3.8) is 0 Å². The number of carbonyl (C=O) groups excluding carboxylic acids is 2. The predicted molar refractivity (Wildman–Crippen MR) is 135 cm³/mol. The van der Waals surface area contributed by atoms with Crippen molar-refractivity contribution in [2.75, 3.05) is 30.4 Å². The topological polar surface area (TPSA) is 61.9 Å². The van der Waals surface area contributed by atoms with Gasteiger partial charge in [-0.1, -0.05) is 42.5 Å². The normalized spacial score (nSPS) is 15.1. The van der Waals surface area contributed by atoms with Crippen molar-refractivity contribution < 1.29 is 14.3 Å². The zero-order valence-electron chi connectivity index (χ0n) is 19.7.